The van der Waals surface area contributed by atoms with Crippen LogP contribution in [-0.4, -0.2) is 31.8 Å². The highest BCUT2D eigenvalue weighted by atomic mass is 35.5. The van der Waals surface area contributed by atoms with Gasteiger partial charge >= 0.3 is 6.18 Å². The van der Waals surface area contributed by atoms with Crippen LogP contribution in [0.25, 0.3) is 39.9 Å². The summed E-state index contributed by atoms with van der Waals surface area (Å²) >= 11 is 11.9. The molecule has 0 saturated carbocycles. The van der Waals surface area contributed by atoms with E-state index >= 15 is 0 Å². The van der Waals surface area contributed by atoms with Crippen molar-refractivity contribution in [2.45, 2.75) is 6.18 Å². The highest BCUT2D eigenvalue weighted by molar-refractivity contribution is 6.31. The molecule has 0 aliphatic heterocycles. The Labute approximate surface area is 199 Å². The molecule has 0 saturated heterocycles. The van der Waals surface area contributed by atoms with Gasteiger partial charge in [0.2, 0.25) is 5.82 Å². The minimum atomic E-state index is -4.69. The molecule has 0 fully saturated rings. The van der Waals surface area contributed by atoms with Gasteiger partial charge in [0.1, 0.15) is 5.75 Å². The molecular formula is C22H12Cl2F3N5O2. The van der Waals surface area contributed by atoms with Crippen LogP contribution < -0.4 is 4.74 Å². The van der Waals surface area contributed by atoms with Crippen LogP contribution in [0.15, 0.2) is 59.1 Å². The van der Waals surface area contributed by atoms with Gasteiger partial charge in [-0.3, -0.25) is 0 Å². The van der Waals surface area contributed by atoms with Crippen molar-refractivity contribution in [3.63, 3.8) is 0 Å². The van der Waals surface area contributed by atoms with Crippen LogP contribution in [0.5, 0.6) is 5.75 Å². The molecule has 0 spiro atoms. The molecule has 3 heterocycles. The Morgan fingerprint density at radius 3 is 2.35 bits per heavy atom. The maximum Gasteiger partial charge on any atom is 0.433 e. The van der Waals surface area contributed by atoms with Gasteiger partial charge < -0.3 is 9.26 Å². The van der Waals surface area contributed by atoms with Crippen molar-refractivity contribution in [2.75, 3.05) is 7.11 Å². The molecule has 0 unspecified atom stereocenters. The number of benzene rings is 2. The second kappa shape index (κ2) is 8.30. The van der Waals surface area contributed by atoms with E-state index in [9.17, 15) is 13.2 Å². The number of ether oxygens (including phenoxy) is 1. The summed E-state index contributed by atoms with van der Waals surface area (Å²) < 4.78 is 52.8. The van der Waals surface area contributed by atoms with E-state index in [-0.39, 0.29) is 28.8 Å². The number of fused-ring (bicyclic) bond motifs is 1. The number of rotatable bonds is 4. The third kappa shape index (κ3) is 4.06. The van der Waals surface area contributed by atoms with Gasteiger partial charge in [-0.15, -0.1) is 0 Å². The first kappa shape index (κ1) is 22.2. The largest absolute Gasteiger partial charge is 0.496 e. The van der Waals surface area contributed by atoms with Crippen molar-refractivity contribution in [2.24, 2.45) is 0 Å². The standard InChI is InChI=1S/C22H12Cl2F3N5O2/c1-33-17-7-6-13(24)8-14(17)20-29-21(34-31-20)16-10-19-28-15(11-2-4-12(23)5-3-11)9-18(22(25,26)27)32(19)30-16/h2-10H,1H3. The van der Waals surface area contributed by atoms with Crippen molar-refractivity contribution in [1.29, 1.82) is 0 Å². The summed E-state index contributed by atoms with van der Waals surface area (Å²) in [6.45, 7) is 0. The second-order valence-corrected chi connectivity index (χ2v) is 7.97. The van der Waals surface area contributed by atoms with Gasteiger partial charge in [-0.2, -0.15) is 23.3 Å². The van der Waals surface area contributed by atoms with E-state index < -0.39 is 11.9 Å². The lowest BCUT2D eigenvalue weighted by molar-refractivity contribution is -0.142. The highest BCUT2D eigenvalue weighted by Gasteiger charge is 2.35. The summed E-state index contributed by atoms with van der Waals surface area (Å²) in [5.41, 5.74) is -0.00944. The fraction of sp³-hybridized carbons (Fsp3) is 0.0909. The molecule has 0 N–H and O–H groups in total. The van der Waals surface area contributed by atoms with Crippen LogP contribution in [0, 0.1) is 0 Å². The van der Waals surface area contributed by atoms with Crippen molar-refractivity contribution in [3.05, 3.63) is 70.3 Å². The van der Waals surface area contributed by atoms with Gasteiger partial charge in [-0.05, 0) is 36.4 Å². The summed E-state index contributed by atoms with van der Waals surface area (Å²) in [5, 5.41) is 8.80. The summed E-state index contributed by atoms with van der Waals surface area (Å²) in [6.07, 6.45) is -4.69. The molecular weight excluding hydrogens is 494 g/mol. The lowest BCUT2D eigenvalue weighted by atomic mass is 10.1. The predicted molar refractivity (Wildman–Crippen MR) is 119 cm³/mol. The van der Waals surface area contributed by atoms with Gasteiger partial charge in [0.05, 0.1) is 18.4 Å². The lowest BCUT2D eigenvalue weighted by Gasteiger charge is -2.11. The van der Waals surface area contributed by atoms with Crippen LogP contribution in [0.2, 0.25) is 10.0 Å². The third-order valence-corrected chi connectivity index (χ3v) is 5.39. The van der Waals surface area contributed by atoms with Gasteiger partial charge in [0.15, 0.2) is 17.0 Å². The van der Waals surface area contributed by atoms with E-state index in [1.54, 1.807) is 42.5 Å². The fourth-order valence-electron chi connectivity index (χ4n) is 3.34. The molecule has 12 heteroatoms. The summed E-state index contributed by atoms with van der Waals surface area (Å²) in [4.78, 5) is 8.59. The lowest BCUT2D eigenvalue weighted by Crippen LogP contribution is -2.13. The number of hydrogen-bond donors (Lipinski definition) is 0. The minimum Gasteiger partial charge on any atom is -0.496 e. The maximum atomic E-state index is 13.8. The van der Waals surface area contributed by atoms with E-state index in [2.05, 4.69) is 20.2 Å². The van der Waals surface area contributed by atoms with Crippen LogP contribution in [-0.2, 0) is 6.18 Å². The quantitative estimate of drug-likeness (QED) is 0.279. The van der Waals surface area contributed by atoms with Crippen LogP contribution in [0.4, 0.5) is 13.2 Å². The average Bonchev–Trinajstić information content (AvgIpc) is 3.45. The monoisotopic (exact) mass is 505 g/mol. The first-order valence-electron chi connectivity index (χ1n) is 9.65. The maximum absolute atomic E-state index is 13.8. The number of methoxy groups -OCH3 is 1. The van der Waals surface area contributed by atoms with Crippen molar-refractivity contribution in [1.82, 2.24) is 24.7 Å². The molecule has 172 valence electrons. The highest BCUT2D eigenvalue weighted by Crippen LogP contribution is 2.35. The van der Waals surface area contributed by atoms with E-state index in [0.29, 0.717) is 31.4 Å². The van der Waals surface area contributed by atoms with Crippen LogP contribution in [0.1, 0.15) is 5.69 Å². The Balaban J connectivity index is 1.62. The van der Waals surface area contributed by atoms with E-state index in [1.165, 1.54) is 13.2 Å². The Kier molecular flexibility index (Phi) is 5.41. The Bertz CT molecular complexity index is 1510. The molecule has 0 atom stereocenters. The van der Waals surface area contributed by atoms with E-state index in [1.807, 2.05) is 0 Å². The summed E-state index contributed by atoms with van der Waals surface area (Å²) in [6, 6.07) is 13.4. The fourth-order valence-corrected chi connectivity index (χ4v) is 3.64. The van der Waals surface area contributed by atoms with E-state index in [0.717, 1.165) is 6.07 Å². The van der Waals surface area contributed by atoms with Crippen molar-refractivity contribution < 1.29 is 22.4 Å². The molecule has 3 aromatic heterocycles. The Morgan fingerprint density at radius 1 is 0.912 bits per heavy atom. The molecule has 0 amide bonds. The molecule has 0 aliphatic carbocycles. The molecule has 7 nitrogen and oxygen atoms in total. The molecule has 2 aromatic carbocycles. The van der Waals surface area contributed by atoms with Crippen LogP contribution in [0.3, 0.4) is 0 Å². The average molecular weight is 506 g/mol. The number of hydrogen-bond acceptors (Lipinski definition) is 6. The summed E-state index contributed by atoms with van der Waals surface area (Å²) in [7, 11) is 1.47. The van der Waals surface area contributed by atoms with Crippen LogP contribution >= 0.6 is 23.2 Å². The Hall–Kier alpha value is -3.63. The zero-order valence-corrected chi connectivity index (χ0v) is 18.7. The molecule has 0 bridgehead atoms. The zero-order chi connectivity index (χ0) is 24.0. The molecule has 0 radical (unpaired) electrons. The number of alkyl halides is 3. The van der Waals surface area contributed by atoms with Crippen molar-refractivity contribution in [3.8, 4) is 40.0 Å². The Morgan fingerprint density at radius 2 is 1.65 bits per heavy atom. The summed E-state index contributed by atoms with van der Waals surface area (Å²) in [5.74, 6) is 0.487. The van der Waals surface area contributed by atoms with Gasteiger partial charge in [0, 0.05) is 21.7 Å². The second-order valence-electron chi connectivity index (χ2n) is 7.10. The van der Waals surface area contributed by atoms with Crippen molar-refractivity contribution >= 4 is 28.8 Å². The zero-order valence-electron chi connectivity index (χ0n) is 17.1. The molecule has 0 aliphatic rings. The number of halogens is 5. The third-order valence-electron chi connectivity index (χ3n) is 4.91. The molecule has 5 aromatic rings. The predicted octanol–water partition coefficient (Wildman–Crippen LogP) is 6.45. The minimum absolute atomic E-state index is 0.0194. The van der Waals surface area contributed by atoms with Gasteiger partial charge in [-0.1, -0.05) is 40.5 Å². The number of aromatic nitrogens is 5. The van der Waals surface area contributed by atoms with E-state index in [4.69, 9.17) is 32.5 Å². The molecule has 5 rings (SSSR count). The first-order chi connectivity index (χ1) is 16.2. The SMILES string of the molecule is COc1ccc(Cl)cc1-c1noc(-c2cc3nc(-c4ccc(Cl)cc4)cc(C(F)(F)F)n3n2)n1. The topological polar surface area (TPSA) is 78.3 Å². The molecule has 34 heavy (non-hydrogen) atoms. The normalized spacial score (nSPS) is 11.8. The first-order valence-corrected chi connectivity index (χ1v) is 10.4. The van der Waals surface area contributed by atoms with Gasteiger partial charge in [-0.25, -0.2) is 9.50 Å². The smallest absolute Gasteiger partial charge is 0.433 e. The number of nitrogens with zero attached hydrogens (tertiary/aromatic N) is 5. The van der Waals surface area contributed by atoms with Gasteiger partial charge in [0.25, 0.3) is 5.89 Å².